The van der Waals surface area contributed by atoms with Gasteiger partial charge in [-0.15, -0.1) is 0 Å². The van der Waals surface area contributed by atoms with Crippen molar-refractivity contribution in [2.45, 2.75) is 6.61 Å². The summed E-state index contributed by atoms with van der Waals surface area (Å²) in [6.45, 7) is 0.612. The minimum absolute atomic E-state index is 0.124. The molecule has 0 aliphatic heterocycles. The quantitative estimate of drug-likeness (QED) is 0.436. The van der Waals surface area contributed by atoms with Crippen molar-refractivity contribution in [3.05, 3.63) is 23.8 Å². The zero-order valence-corrected chi connectivity index (χ0v) is 8.09. The second-order valence-corrected chi connectivity index (χ2v) is 3.10. The minimum Gasteiger partial charge on any atom is -0.508 e. The molecule has 0 aliphatic rings. The van der Waals surface area contributed by atoms with Crippen molar-refractivity contribution in [2.75, 3.05) is 17.6 Å². The Hall–Kier alpha value is -0.870. The molecule has 0 heterocycles. The van der Waals surface area contributed by atoms with Gasteiger partial charge in [-0.3, -0.25) is 0 Å². The fourth-order valence-corrected chi connectivity index (χ4v) is 1.13. The van der Waals surface area contributed by atoms with Gasteiger partial charge in [0.15, 0.2) is 0 Å². The van der Waals surface area contributed by atoms with E-state index < -0.39 is 0 Å². The molecule has 3 nitrogen and oxygen atoms in total. The molecule has 13 heavy (non-hydrogen) atoms. The fraction of sp³-hybridized carbons (Fsp3) is 0.333. The van der Waals surface area contributed by atoms with Crippen LogP contribution < -0.4 is 5.32 Å². The summed E-state index contributed by atoms with van der Waals surface area (Å²) in [6, 6.07) is 5.04. The van der Waals surface area contributed by atoms with Gasteiger partial charge >= 0.3 is 0 Å². The summed E-state index contributed by atoms with van der Waals surface area (Å²) in [4.78, 5) is 0. The molecule has 0 atom stereocenters. The van der Waals surface area contributed by atoms with E-state index in [2.05, 4.69) is 17.9 Å². The molecule has 4 heteroatoms. The molecule has 0 bridgehead atoms. The van der Waals surface area contributed by atoms with Crippen molar-refractivity contribution in [1.29, 1.82) is 0 Å². The lowest BCUT2D eigenvalue weighted by Gasteiger charge is -2.07. The molecule has 1 aromatic rings. The van der Waals surface area contributed by atoms with E-state index in [-0.39, 0.29) is 12.4 Å². The molecule has 0 saturated heterocycles. The molecule has 3 N–H and O–H groups in total. The van der Waals surface area contributed by atoms with E-state index in [9.17, 15) is 5.11 Å². The molecular formula is C9H13NO2S. The molecule has 0 aromatic heterocycles. The average Bonchev–Trinajstić information content (AvgIpc) is 2.16. The Bertz CT molecular complexity index is 278. The Morgan fingerprint density at radius 3 is 2.77 bits per heavy atom. The van der Waals surface area contributed by atoms with Crippen molar-refractivity contribution < 1.29 is 10.2 Å². The number of aliphatic hydroxyl groups excluding tert-OH is 1. The Balaban J connectivity index is 2.74. The van der Waals surface area contributed by atoms with E-state index in [0.717, 1.165) is 18.0 Å². The van der Waals surface area contributed by atoms with Crippen LogP contribution in [0.25, 0.3) is 0 Å². The third kappa shape index (κ3) is 2.82. The van der Waals surface area contributed by atoms with E-state index in [1.54, 1.807) is 18.2 Å². The van der Waals surface area contributed by atoms with Crippen LogP contribution in [0.5, 0.6) is 5.75 Å². The van der Waals surface area contributed by atoms with Gasteiger partial charge < -0.3 is 15.5 Å². The van der Waals surface area contributed by atoms with Crippen LogP contribution in [0.1, 0.15) is 5.56 Å². The highest BCUT2D eigenvalue weighted by Crippen LogP contribution is 2.20. The highest BCUT2D eigenvalue weighted by molar-refractivity contribution is 7.80. The smallest absolute Gasteiger partial charge is 0.121 e. The number of anilines is 1. The Labute approximate surface area is 82.8 Å². The Morgan fingerprint density at radius 1 is 1.38 bits per heavy atom. The average molecular weight is 199 g/mol. The van der Waals surface area contributed by atoms with Gasteiger partial charge in [-0.1, -0.05) is 0 Å². The van der Waals surface area contributed by atoms with Gasteiger partial charge in [-0.2, -0.15) is 12.6 Å². The van der Waals surface area contributed by atoms with Gasteiger partial charge in [0.25, 0.3) is 0 Å². The number of aliphatic hydroxyl groups is 1. The molecule has 0 aliphatic carbocycles. The molecule has 0 spiro atoms. The van der Waals surface area contributed by atoms with Gasteiger partial charge in [0.1, 0.15) is 5.75 Å². The molecule has 0 unspecified atom stereocenters. The van der Waals surface area contributed by atoms with Crippen LogP contribution in [0.3, 0.4) is 0 Å². The van der Waals surface area contributed by atoms with Crippen LogP contribution in [0.4, 0.5) is 5.69 Å². The second kappa shape index (κ2) is 4.99. The highest BCUT2D eigenvalue weighted by atomic mass is 32.1. The number of rotatable bonds is 4. The number of nitrogens with one attached hydrogen (secondary N) is 1. The number of hydrogen-bond acceptors (Lipinski definition) is 4. The Morgan fingerprint density at radius 2 is 2.15 bits per heavy atom. The highest BCUT2D eigenvalue weighted by Gasteiger charge is 2.00. The molecule has 0 amide bonds. The molecule has 0 saturated carbocycles. The molecule has 72 valence electrons. The second-order valence-electron chi connectivity index (χ2n) is 2.65. The number of aromatic hydroxyl groups is 1. The first-order valence-corrected chi connectivity index (χ1v) is 4.68. The largest absolute Gasteiger partial charge is 0.508 e. The van der Waals surface area contributed by atoms with Crippen molar-refractivity contribution in [1.82, 2.24) is 0 Å². The van der Waals surface area contributed by atoms with Gasteiger partial charge in [0.05, 0.1) is 6.61 Å². The summed E-state index contributed by atoms with van der Waals surface area (Å²) in [5.74, 6) is 0.869. The first-order chi connectivity index (χ1) is 6.27. The SMILES string of the molecule is OCc1cc(NCCS)ccc1O. The van der Waals surface area contributed by atoms with E-state index in [1.807, 2.05) is 0 Å². The van der Waals surface area contributed by atoms with E-state index in [1.165, 1.54) is 0 Å². The summed E-state index contributed by atoms with van der Waals surface area (Å²) in [5, 5.41) is 21.2. The molecule has 1 rings (SSSR count). The maximum absolute atomic E-state index is 9.26. The van der Waals surface area contributed by atoms with Crippen LogP contribution >= 0.6 is 12.6 Å². The monoisotopic (exact) mass is 199 g/mol. The minimum atomic E-state index is -0.151. The van der Waals surface area contributed by atoms with Crippen molar-refractivity contribution in [3.8, 4) is 5.75 Å². The predicted octanol–water partition coefficient (Wildman–Crippen LogP) is 1.23. The summed E-state index contributed by atoms with van der Waals surface area (Å²) >= 11 is 4.06. The van der Waals surface area contributed by atoms with Gasteiger partial charge in [-0.25, -0.2) is 0 Å². The van der Waals surface area contributed by atoms with Crippen LogP contribution in [-0.4, -0.2) is 22.5 Å². The summed E-state index contributed by atoms with van der Waals surface area (Å²) in [5.41, 5.74) is 1.42. The topological polar surface area (TPSA) is 52.5 Å². The summed E-state index contributed by atoms with van der Waals surface area (Å²) in [6.07, 6.45) is 0. The first-order valence-electron chi connectivity index (χ1n) is 4.05. The Kier molecular flexibility index (Phi) is 3.92. The van der Waals surface area contributed by atoms with Crippen LogP contribution in [-0.2, 0) is 6.61 Å². The van der Waals surface area contributed by atoms with Gasteiger partial charge in [0, 0.05) is 23.5 Å². The normalized spacial score (nSPS) is 10.0. The van der Waals surface area contributed by atoms with Crippen molar-refractivity contribution in [3.63, 3.8) is 0 Å². The third-order valence-electron chi connectivity index (χ3n) is 1.69. The van der Waals surface area contributed by atoms with Crippen LogP contribution in [0, 0.1) is 0 Å². The number of phenols is 1. The number of benzene rings is 1. The number of hydrogen-bond donors (Lipinski definition) is 4. The third-order valence-corrected chi connectivity index (χ3v) is 1.91. The standard InChI is InChI=1S/C9H13NO2S/c11-6-7-5-8(10-3-4-13)1-2-9(7)12/h1-2,5,10-13H,3-4,6H2. The maximum Gasteiger partial charge on any atom is 0.121 e. The van der Waals surface area contributed by atoms with E-state index >= 15 is 0 Å². The lowest BCUT2D eigenvalue weighted by molar-refractivity contribution is 0.275. The van der Waals surface area contributed by atoms with Crippen molar-refractivity contribution >= 4 is 18.3 Å². The summed E-state index contributed by atoms with van der Waals surface area (Å²) < 4.78 is 0. The predicted molar refractivity (Wildman–Crippen MR) is 56.4 cm³/mol. The molecule has 0 radical (unpaired) electrons. The van der Waals surface area contributed by atoms with E-state index in [0.29, 0.717) is 5.56 Å². The molecule has 0 fully saturated rings. The van der Waals surface area contributed by atoms with Gasteiger partial charge in [0.2, 0.25) is 0 Å². The number of thiol groups is 1. The lowest BCUT2D eigenvalue weighted by Crippen LogP contribution is -2.02. The van der Waals surface area contributed by atoms with Crippen molar-refractivity contribution in [2.24, 2.45) is 0 Å². The summed E-state index contributed by atoms with van der Waals surface area (Å²) in [7, 11) is 0. The lowest BCUT2D eigenvalue weighted by atomic mass is 10.2. The van der Waals surface area contributed by atoms with Gasteiger partial charge in [-0.05, 0) is 18.2 Å². The van der Waals surface area contributed by atoms with Crippen LogP contribution in [0.15, 0.2) is 18.2 Å². The van der Waals surface area contributed by atoms with E-state index in [4.69, 9.17) is 5.11 Å². The first kappa shape index (κ1) is 10.2. The maximum atomic E-state index is 9.26. The fourth-order valence-electron chi connectivity index (χ4n) is 1.02. The molecular weight excluding hydrogens is 186 g/mol. The zero-order valence-electron chi connectivity index (χ0n) is 7.20. The molecule has 1 aromatic carbocycles. The van der Waals surface area contributed by atoms with Crippen LogP contribution in [0.2, 0.25) is 0 Å². The zero-order chi connectivity index (χ0) is 9.68.